The van der Waals surface area contributed by atoms with E-state index in [9.17, 15) is 9.59 Å². The Bertz CT molecular complexity index is 229. The Labute approximate surface area is 97.2 Å². The van der Waals surface area contributed by atoms with E-state index in [2.05, 4.69) is 10.6 Å². The molecule has 0 saturated carbocycles. The van der Waals surface area contributed by atoms with Crippen molar-refractivity contribution in [3.05, 3.63) is 0 Å². The number of carbonyl (C=O) groups excluding carboxylic acids is 2. The summed E-state index contributed by atoms with van der Waals surface area (Å²) in [6.07, 6.45) is 1.02. The highest BCUT2D eigenvalue weighted by atomic mass is 16.2. The summed E-state index contributed by atoms with van der Waals surface area (Å²) in [7, 11) is 0. The smallest absolute Gasteiger partial charge is 0.236 e. The van der Waals surface area contributed by atoms with Crippen molar-refractivity contribution in [3.8, 4) is 0 Å². The van der Waals surface area contributed by atoms with Gasteiger partial charge < -0.3 is 16.4 Å². The third-order valence-corrected chi connectivity index (χ3v) is 2.13. The van der Waals surface area contributed by atoms with Gasteiger partial charge in [0.15, 0.2) is 0 Å². The van der Waals surface area contributed by atoms with Crippen LogP contribution in [0.5, 0.6) is 0 Å². The monoisotopic (exact) mass is 229 g/mol. The maximum atomic E-state index is 11.5. The van der Waals surface area contributed by atoms with Gasteiger partial charge in [-0.05, 0) is 25.8 Å². The summed E-state index contributed by atoms with van der Waals surface area (Å²) in [4.78, 5) is 22.0. The molecule has 94 valence electrons. The first kappa shape index (κ1) is 14.9. The number of primary amides is 1. The molecule has 5 nitrogen and oxygen atoms in total. The van der Waals surface area contributed by atoms with Crippen LogP contribution in [0.25, 0.3) is 0 Å². The molecule has 0 aromatic rings. The van der Waals surface area contributed by atoms with Crippen molar-refractivity contribution in [1.82, 2.24) is 10.6 Å². The summed E-state index contributed by atoms with van der Waals surface area (Å²) in [5, 5.41) is 5.88. The molecule has 0 aromatic heterocycles. The fourth-order valence-electron chi connectivity index (χ4n) is 1.13. The van der Waals surface area contributed by atoms with E-state index < -0.39 is 0 Å². The highest BCUT2D eigenvalue weighted by Gasteiger charge is 2.11. The number of rotatable bonds is 8. The Morgan fingerprint density at radius 2 is 1.88 bits per heavy atom. The molecule has 0 spiro atoms. The highest BCUT2D eigenvalue weighted by molar-refractivity contribution is 5.81. The zero-order valence-corrected chi connectivity index (χ0v) is 10.4. The topological polar surface area (TPSA) is 84.2 Å². The number of amides is 2. The first-order chi connectivity index (χ1) is 7.43. The third-order valence-electron chi connectivity index (χ3n) is 2.13. The lowest BCUT2D eigenvalue weighted by atomic mass is 10.2. The second kappa shape index (κ2) is 8.10. The van der Waals surface area contributed by atoms with Crippen LogP contribution in [0.15, 0.2) is 0 Å². The molecule has 0 bridgehead atoms. The first-order valence-electron chi connectivity index (χ1n) is 5.73. The van der Waals surface area contributed by atoms with Gasteiger partial charge in [0.1, 0.15) is 0 Å². The fraction of sp³-hybridized carbons (Fsp3) is 0.818. The number of hydrogen-bond acceptors (Lipinski definition) is 3. The van der Waals surface area contributed by atoms with E-state index in [0.29, 0.717) is 31.8 Å². The normalized spacial score (nSPS) is 12.5. The number of hydrogen-bond donors (Lipinski definition) is 3. The average Bonchev–Trinajstić information content (AvgIpc) is 2.20. The zero-order chi connectivity index (χ0) is 12.6. The van der Waals surface area contributed by atoms with E-state index in [1.165, 1.54) is 0 Å². The van der Waals surface area contributed by atoms with Crippen molar-refractivity contribution < 1.29 is 9.59 Å². The Hall–Kier alpha value is -1.10. The lowest BCUT2D eigenvalue weighted by Gasteiger charge is -2.14. The zero-order valence-electron chi connectivity index (χ0n) is 10.4. The summed E-state index contributed by atoms with van der Waals surface area (Å²) < 4.78 is 0. The summed E-state index contributed by atoms with van der Waals surface area (Å²) in [5.74, 6) is 0.137. The molecule has 5 heteroatoms. The van der Waals surface area contributed by atoms with Gasteiger partial charge in [-0.15, -0.1) is 0 Å². The third kappa shape index (κ3) is 8.23. The molecule has 0 aliphatic heterocycles. The Morgan fingerprint density at radius 3 is 2.38 bits per heavy atom. The Morgan fingerprint density at radius 1 is 1.25 bits per heavy atom. The van der Waals surface area contributed by atoms with Crippen LogP contribution in [0.3, 0.4) is 0 Å². The van der Waals surface area contributed by atoms with Crippen LogP contribution in [0.2, 0.25) is 0 Å². The fourth-order valence-corrected chi connectivity index (χ4v) is 1.13. The molecule has 0 saturated heterocycles. The van der Waals surface area contributed by atoms with Gasteiger partial charge in [0.25, 0.3) is 0 Å². The van der Waals surface area contributed by atoms with E-state index in [1.807, 2.05) is 13.8 Å². The van der Waals surface area contributed by atoms with Crippen molar-refractivity contribution >= 4 is 11.8 Å². The highest BCUT2D eigenvalue weighted by Crippen LogP contribution is 1.90. The Balaban J connectivity index is 3.59. The molecule has 0 aromatic carbocycles. The molecule has 0 heterocycles. The van der Waals surface area contributed by atoms with E-state index in [4.69, 9.17) is 5.73 Å². The van der Waals surface area contributed by atoms with Gasteiger partial charge >= 0.3 is 0 Å². The van der Waals surface area contributed by atoms with E-state index >= 15 is 0 Å². The van der Waals surface area contributed by atoms with E-state index in [-0.39, 0.29) is 17.9 Å². The van der Waals surface area contributed by atoms with Gasteiger partial charge in [0.05, 0.1) is 6.04 Å². The predicted molar refractivity (Wildman–Crippen MR) is 63.7 cm³/mol. The summed E-state index contributed by atoms with van der Waals surface area (Å²) in [6.45, 7) is 7.21. The van der Waals surface area contributed by atoms with Crippen molar-refractivity contribution in [2.24, 2.45) is 11.7 Å². The van der Waals surface area contributed by atoms with Gasteiger partial charge in [-0.3, -0.25) is 9.59 Å². The van der Waals surface area contributed by atoms with Crippen molar-refractivity contribution in [2.75, 3.05) is 13.1 Å². The van der Waals surface area contributed by atoms with Crippen LogP contribution >= 0.6 is 0 Å². The maximum absolute atomic E-state index is 11.5. The van der Waals surface area contributed by atoms with Gasteiger partial charge in [0.2, 0.25) is 11.8 Å². The second-order valence-corrected chi connectivity index (χ2v) is 4.38. The minimum Gasteiger partial charge on any atom is -0.370 e. The van der Waals surface area contributed by atoms with Gasteiger partial charge in [-0.25, -0.2) is 0 Å². The molecule has 0 radical (unpaired) electrons. The molecule has 1 unspecified atom stereocenters. The van der Waals surface area contributed by atoms with Crippen LogP contribution in [-0.4, -0.2) is 30.9 Å². The lowest BCUT2D eigenvalue weighted by Crippen LogP contribution is -2.43. The average molecular weight is 229 g/mol. The summed E-state index contributed by atoms with van der Waals surface area (Å²) in [6, 6.07) is -0.230. The van der Waals surface area contributed by atoms with Gasteiger partial charge in [-0.2, -0.15) is 0 Å². The molecule has 1 atom stereocenters. The number of nitrogens with two attached hydrogens (primary N) is 1. The number of nitrogens with one attached hydrogen (secondary N) is 2. The van der Waals surface area contributed by atoms with E-state index in [1.54, 1.807) is 6.92 Å². The molecule has 2 amide bonds. The lowest BCUT2D eigenvalue weighted by molar-refractivity contribution is -0.122. The molecule has 0 fully saturated rings. The van der Waals surface area contributed by atoms with Crippen LogP contribution in [0.1, 0.15) is 33.6 Å². The van der Waals surface area contributed by atoms with Crippen molar-refractivity contribution in [1.29, 1.82) is 0 Å². The minimum absolute atomic E-state index is 0.00669. The molecule has 4 N–H and O–H groups in total. The molecule has 16 heavy (non-hydrogen) atoms. The minimum atomic E-state index is -0.307. The van der Waals surface area contributed by atoms with Gasteiger partial charge in [-0.1, -0.05) is 13.8 Å². The second-order valence-electron chi connectivity index (χ2n) is 4.38. The van der Waals surface area contributed by atoms with E-state index in [0.717, 1.165) is 0 Å². The summed E-state index contributed by atoms with van der Waals surface area (Å²) >= 11 is 0. The first-order valence-corrected chi connectivity index (χ1v) is 5.73. The maximum Gasteiger partial charge on any atom is 0.236 e. The van der Waals surface area contributed by atoms with Crippen LogP contribution in [0.4, 0.5) is 0 Å². The molecular formula is C11H23N3O2. The molecule has 0 aliphatic carbocycles. The summed E-state index contributed by atoms with van der Waals surface area (Å²) in [5.41, 5.74) is 5.00. The van der Waals surface area contributed by atoms with Gasteiger partial charge in [0, 0.05) is 13.0 Å². The molecule has 0 aliphatic rings. The standard InChI is InChI=1S/C11H23N3O2/c1-8(2)7-14-11(16)9(3)13-6-4-5-10(12)15/h8-9,13H,4-7H2,1-3H3,(H2,12,15)(H,14,16). The SMILES string of the molecule is CC(C)CNC(=O)C(C)NCCCC(N)=O. The quantitative estimate of drug-likeness (QED) is 0.512. The van der Waals surface area contributed by atoms with Crippen molar-refractivity contribution in [2.45, 2.75) is 39.7 Å². The van der Waals surface area contributed by atoms with Crippen LogP contribution in [-0.2, 0) is 9.59 Å². The van der Waals surface area contributed by atoms with Crippen molar-refractivity contribution in [3.63, 3.8) is 0 Å². The van der Waals surface area contributed by atoms with Crippen LogP contribution in [0, 0.1) is 5.92 Å². The predicted octanol–water partition coefficient (Wildman–Crippen LogP) is 0.00220. The van der Waals surface area contributed by atoms with Crippen LogP contribution < -0.4 is 16.4 Å². The molecule has 0 rings (SSSR count). The largest absolute Gasteiger partial charge is 0.370 e. The Kier molecular flexibility index (Phi) is 7.54. The number of carbonyl (C=O) groups is 2. The molecular weight excluding hydrogens is 206 g/mol.